The Hall–Kier alpha value is -4.01. The van der Waals surface area contributed by atoms with E-state index in [2.05, 4.69) is 34.3 Å². The number of hydrogen-bond donors (Lipinski definition) is 3. The lowest BCUT2D eigenvalue weighted by molar-refractivity contribution is -0.138. The quantitative estimate of drug-likeness (QED) is 0.153. The van der Waals surface area contributed by atoms with Crippen molar-refractivity contribution in [2.45, 2.75) is 120 Å². The zero-order valence-electron chi connectivity index (χ0n) is 32.8. The lowest BCUT2D eigenvalue weighted by atomic mass is 9.89. The van der Waals surface area contributed by atoms with Gasteiger partial charge >= 0.3 is 6.18 Å². The van der Waals surface area contributed by atoms with Crippen molar-refractivity contribution in [1.29, 1.82) is 5.26 Å². The van der Waals surface area contributed by atoms with Crippen molar-refractivity contribution < 1.29 is 37.1 Å². The number of benzene rings is 2. The first-order valence-corrected chi connectivity index (χ1v) is 20.2. The third-order valence-electron chi connectivity index (χ3n) is 11.9. The Morgan fingerprint density at radius 3 is 2.30 bits per heavy atom. The number of carbonyl (C=O) groups is 4. The largest absolute Gasteiger partial charge is 0.417 e. The van der Waals surface area contributed by atoms with Crippen molar-refractivity contribution in [2.75, 3.05) is 43.0 Å². The molecule has 4 aliphatic rings. The zero-order chi connectivity index (χ0) is 41.2. The summed E-state index contributed by atoms with van der Waals surface area (Å²) in [5.74, 6) is -1.36. The van der Waals surface area contributed by atoms with Crippen LogP contribution in [0.15, 0.2) is 42.5 Å². The number of halogens is 3. The molecule has 308 valence electrons. The molecule has 16 heteroatoms. The number of ether oxygens (including phenoxy) is 1. The third kappa shape index (κ3) is 9.49. The molecule has 6 rings (SSSR count). The normalized spacial score (nSPS) is 27.6. The second-order valence-corrected chi connectivity index (χ2v) is 16.7. The van der Waals surface area contributed by atoms with Gasteiger partial charge < -0.3 is 15.0 Å². The minimum Gasteiger partial charge on any atom is -0.378 e. The third-order valence-corrected chi connectivity index (χ3v) is 12.4. The minimum atomic E-state index is -4.74. The molecule has 3 aliphatic heterocycles. The Morgan fingerprint density at radius 1 is 1.02 bits per heavy atom. The molecule has 0 spiro atoms. The fourth-order valence-electron chi connectivity index (χ4n) is 9.00. The van der Waals surface area contributed by atoms with Crippen LogP contribution < -0.4 is 15.5 Å². The first-order valence-electron chi connectivity index (χ1n) is 19.7. The number of nitrogens with zero attached hydrogens (tertiary/aromatic N) is 5. The Kier molecular flexibility index (Phi) is 13.0. The maximum atomic E-state index is 13.7. The summed E-state index contributed by atoms with van der Waals surface area (Å²) >= 11 is 4.76. The first-order chi connectivity index (χ1) is 27.0. The van der Waals surface area contributed by atoms with Gasteiger partial charge in [0.25, 0.3) is 0 Å². The van der Waals surface area contributed by atoms with E-state index in [1.54, 1.807) is 32.0 Å². The molecule has 1 aliphatic carbocycles. The van der Waals surface area contributed by atoms with Crippen LogP contribution in [0.3, 0.4) is 0 Å². The van der Waals surface area contributed by atoms with Gasteiger partial charge in [-0.25, -0.2) is 0 Å². The highest BCUT2D eigenvalue weighted by atomic mass is 32.1. The molecular weight excluding hydrogens is 760 g/mol. The molecule has 0 aromatic heterocycles. The van der Waals surface area contributed by atoms with Gasteiger partial charge in [0, 0.05) is 62.2 Å². The lowest BCUT2D eigenvalue weighted by Crippen LogP contribution is -2.58. The van der Waals surface area contributed by atoms with Crippen LogP contribution in [-0.2, 0) is 30.1 Å². The number of anilines is 2. The molecule has 0 bridgehead atoms. The van der Waals surface area contributed by atoms with Gasteiger partial charge in [0.05, 0.1) is 41.3 Å². The number of alkyl halides is 3. The van der Waals surface area contributed by atoms with Gasteiger partial charge in [0.1, 0.15) is 5.50 Å². The van der Waals surface area contributed by atoms with Gasteiger partial charge in [-0.3, -0.25) is 39.2 Å². The molecule has 3 saturated heterocycles. The van der Waals surface area contributed by atoms with E-state index < -0.39 is 28.3 Å². The van der Waals surface area contributed by atoms with Crippen LogP contribution in [0.4, 0.5) is 24.5 Å². The number of thiol groups is 1. The smallest absolute Gasteiger partial charge is 0.378 e. The summed E-state index contributed by atoms with van der Waals surface area (Å²) in [6.07, 6.45) is 0.0752. The Labute approximate surface area is 337 Å². The molecule has 4 fully saturated rings. The summed E-state index contributed by atoms with van der Waals surface area (Å²) in [6, 6.07) is 12.5. The van der Waals surface area contributed by atoms with Crippen molar-refractivity contribution in [1.82, 2.24) is 20.0 Å². The fraction of sp³-hybridized carbons (Fsp3) is 0.585. The van der Waals surface area contributed by atoms with Crippen LogP contribution in [-0.4, -0.2) is 106 Å². The number of amides is 4. The van der Waals surface area contributed by atoms with Gasteiger partial charge in [-0.1, -0.05) is 12.1 Å². The minimum absolute atomic E-state index is 0.0105. The Bertz CT molecular complexity index is 1850. The molecule has 4 amide bonds. The zero-order valence-corrected chi connectivity index (χ0v) is 33.7. The van der Waals surface area contributed by atoms with Crippen molar-refractivity contribution in [3.05, 3.63) is 59.2 Å². The molecule has 12 nitrogen and oxygen atoms in total. The van der Waals surface area contributed by atoms with Gasteiger partial charge in [-0.2, -0.15) is 18.4 Å². The van der Waals surface area contributed by atoms with Crippen LogP contribution >= 0.6 is 12.6 Å². The molecule has 2 aromatic rings. The number of piperazine rings is 1. The number of piperidine rings is 1. The van der Waals surface area contributed by atoms with E-state index in [0.717, 1.165) is 69.4 Å². The topological polar surface area (TPSA) is 138 Å². The maximum Gasteiger partial charge on any atom is 0.417 e. The van der Waals surface area contributed by atoms with Crippen LogP contribution in [0.25, 0.3) is 0 Å². The van der Waals surface area contributed by atoms with Crippen LogP contribution in [0.5, 0.6) is 0 Å². The molecular formula is C41H52F3N7O5S. The van der Waals surface area contributed by atoms with E-state index in [4.69, 9.17) is 17.4 Å². The molecule has 2 aromatic carbocycles. The number of hydrogen-bond acceptors (Lipinski definition) is 10. The Balaban J connectivity index is 0.917. The average Bonchev–Trinajstić information content (AvgIpc) is 3.33. The van der Waals surface area contributed by atoms with Crippen LogP contribution in [0, 0.1) is 11.3 Å². The van der Waals surface area contributed by atoms with Crippen LogP contribution in [0.1, 0.15) is 95.2 Å². The van der Waals surface area contributed by atoms with Crippen LogP contribution in [0.2, 0.25) is 0 Å². The van der Waals surface area contributed by atoms with Crippen molar-refractivity contribution >= 4 is 47.6 Å². The molecule has 4 atom stereocenters. The average molecular weight is 812 g/mol. The highest BCUT2D eigenvalue weighted by molar-refractivity contribution is 7.81. The van der Waals surface area contributed by atoms with E-state index in [1.165, 1.54) is 11.0 Å². The summed E-state index contributed by atoms with van der Waals surface area (Å²) in [6.45, 7) is 11.2. The molecule has 1 saturated carbocycles. The fourth-order valence-corrected chi connectivity index (χ4v) is 9.71. The van der Waals surface area contributed by atoms with E-state index in [-0.39, 0.29) is 66.0 Å². The lowest BCUT2D eigenvalue weighted by Gasteiger charge is -2.44. The molecule has 2 N–H and O–H groups in total. The summed E-state index contributed by atoms with van der Waals surface area (Å²) in [5, 5.41) is 14.6. The standard InChI is InChI=1S/C41H52F3N7O5S/c1-25-22-48(23-26(2)49(25)24-36(53)46-29-9-6-27(7-10-29)33-16-17-35(52)47-37(33)54)18-5-19-56-32-14-12-30(13-15-32)51-39(57)50(38(55)40(51,3)4)31-11-8-28(21-45)34(20-31)41(42,43)44/h6-11,20,25-26,30,32-33,39,57H,5,12-19,22-24H2,1-4H3,(H,46,53)(H,47,52,54)/t25-,26+,30?,32?,33?,39?. The molecule has 57 heavy (non-hydrogen) atoms. The van der Waals surface area contributed by atoms with Gasteiger partial charge in [0.15, 0.2) is 0 Å². The highest BCUT2D eigenvalue weighted by Crippen LogP contribution is 2.43. The van der Waals surface area contributed by atoms with Gasteiger partial charge in [0.2, 0.25) is 23.6 Å². The number of rotatable bonds is 11. The second kappa shape index (κ2) is 17.5. The van der Waals surface area contributed by atoms with Crippen molar-refractivity contribution in [2.24, 2.45) is 0 Å². The van der Waals surface area contributed by atoms with E-state index in [1.807, 2.05) is 17.0 Å². The highest BCUT2D eigenvalue weighted by Gasteiger charge is 2.54. The summed E-state index contributed by atoms with van der Waals surface area (Å²) in [4.78, 5) is 58.3. The predicted molar refractivity (Wildman–Crippen MR) is 211 cm³/mol. The number of nitrogens with one attached hydrogen (secondary N) is 2. The van der Waals surface area contributed by atoms with E-state index in [9.17, 15) is 37.6 Å². The predicted octanol–water partition coefficient (Wildman–Crippen LogP) is 5.49. The Morgan fingerprint density at radius 2 is 1.68 bits per heavy atom. The SMILES string of the molecule is C[C@@H]1CN(CCCOC2CCC(N3C(S)N(c4ccc(C#N)c(C(F)(F)F)c4)C(=O)C3(C)C)CC2)C[C@H](C)N1CC(=O)Nc1ccc(C2CCC(=O)NC2=O)cc1. The van der Waals surface area contributed by atoms with Gasteiger partial charge in [-0.05, 0) is 102 Å². The van der Waals surface area contributed by atoms with E-state index >= 15 is 0 Å². The van der Waals surface area contributed by atoms with Crippen molar-refractivity contribution in [3.8, 4) is 6.07 Å². The summed E-state index contributed by atoms with van der Waals surface area (Å²) in [7, 11) is 0. The summed E-state index contributed by atoms with van der Waals surface area (Å²) in [5.41, 5.74) is -1.81. The molecule has 2 unspecified atom stereocenters. The number of imide groups is 1. The van der Waals surface area contributed by atoms with Crippen molar-refractivity contribution in [3.63, 3.8) is 0 Å². The number of carbonyl (C=O) groups excluding carboxylic acids is 4. The maximum absolute atomic E-state index is 13.7. The first kappa shape index (κ1) is 42.6. The molecule has 0 radical (unpaired) electrons. The molecule has 3 heterocycles. The second-order valence-electron chi connectivity index (χ2n) is 16.3. The monoisotopic (exact) mass is 811 g/mol. The van der Waals surface area contributed by atoms with E-state index in [0.29, 0.717) is 25.1 Å². The van der Waals surface area contributed by atoms with Gasteiger partial charge in [-0.15, -0.1) is 12.6 Å². The number of nitriles is 1. The summed E-state index contributed by atoms with van der Waals surface area (Å²) < 4.78 is 47.5.